The average molecular weight is 377 g/mol. The highest BCUT2D eigenvalue weighted by Gasteiger charge is 2.14. The van der Waals surface area contributed by atoms with Gasteiger partial charge in [0.25, 0.3) is 5.91 Å². The maximum atomic E-state index is 13.4. The largest absolute Gasteiger partial charge is 0.482 e. The monoisotopic (exact) mass is 377 g/mol. The molecule has 1 amide bonds. The number of hydrogen-bond donors (Lipinski definition) is 1. The molecule has 27 heavy (non-hydrogen) atoms. The molecule has 2 aromatic rings. The molecular formula is C20H21F2NO4. The molecule has 0 aliphatic carbocycles. The number of benzene rings is 2. The number of ether oxygens (including phenoxy) is 2. The van der Waals surface area contributed by atoms with Crippen LogP contribution in [0.4, 0.5) is 14.5 Å². The minimum Gasteiger partial charge on any atom is -0.482 e. The first-order valence-electron chi connectivity index (χ1n) is 8.29. The molecule has 0 saturated carbocycles. The first-order valence-corrected chi connectivity index (χ1v) is 8.29. The van der Waals surface area contributed by atoms with Gasteiger partial charge in [-0.05, 0) is 35.2 Å². The van der Waals surface area contributed by atoms with Gasteiger partial charge < -0.3 is 14.8 Å². The molecule has 0 radical (unpaired) electrons. The maximum Gasteiger partial charge on any atom is 0.344 e. The highest BCUT2D eigenvalue weighted by Crippen LogP contribution is 2.24. The van der Waals surface area contributed by atoms with E-state index in [-0.39, 0.29) is 17.7 Å². The van der Waals surface area contributed by atoms with Crippen molar-refractivity contribution in [1.82, 2.24) is 0 Å². The number of hydrogen-bond acceptors (Lipinski definition) is 4. The summed E-state index contributed by atoms with van der Waals surface area (Å²) in [5.41, 5.74) is 0.802. The van der Waals surface area contributed by atoms with Crippen molar-refractivity contribution in [3.63, 3.8) is 0 Å². The van der Waals surface area contributed by atoms with E-state index < -0.39 is 30.1 Å². The fourth-order valence-corrected chi connectivity index (χ4v) is 2.16. The van der Waals surface area contributed by atoms with Crippen molar-refractivity contribution in [2.45, 2.75) is 26.2 Å². The third-order valence-corrected chi connectivity index (χ3v) is 3.64. The van der Waals surface area contributed by atoms with Crippen molar-refractivity contribution < 1.29 is 27.8 Å². The molecular weight excluding hydrogens is 356 g/mol. The Hall–Kier alpha value is -2.96. The third kappa shape index (κ3) is 6.36. The number of esters is 1. The zero-order valence-electron chi connectivity index (χ0n) is 15.3. The summed E-state index contributed by atoms with van der Waals surface area (Å²) in [6.45, 7) is 5.24. The molecule has 2 aromatic carbocycles. The van der Waals surface area contributed by atoms with Gasteiger partial charge in [-0.2, -0.15) is 0 Å². The van der Waals surface area contributed by atoms with Gasteiger partial charge in [0.1, 0.15) is 17.4 Å². The summed E-state index contributed by atoms with van der Waals surface area (Å²) in [5.74, 6) is -2.55. The number of rotatable bonds is 6. The summed E-state index contributed by atoms with van der Waals surface area (Å²) < 4.78 is 36.5. The van der Waals surface area contributed by atoms with Gasteiger partial charge in [-0.1, -0.05) is 32.9 Å². The highest BCUT2D eigenvalue weighted by molar-refractivity contribution is 5.92. The molecule has 0 bridgehead atoms. The molecule has 2 rings (SSSR count). The predicted octanol–water partition coefficient (Wildman–Crippen LogP) is 3.82. The molecule has 0 aliphatic heterocycles. The Labute approximate surface area is 156 Å². The van der Waals surface area contributed by atoms with Gasteiger partial charge in [-0.25, -0.2) is 13.6 Å². The summed E-state index contributed by atoms with van der Waals surface area (Å²) in [7, 11) is 0. The Kier molecular flexibility index (Phi) is 6.50. The second-order valence-electron chi connectivity index (χ2n) is 6.90. The lowest BCUT2D eigenvalue weighted by atomic mass is 9.87. The highest BCUT2D eigenvalue weighted by atomic mass is 19.1. The second kappa shape index (κ2) is 8.62. The van der Waals surface area contributed by atoms with Crippen LogP contribution in [0.15, 0.2) is 42.5 Å². The van der Waals surface area contributed by atoms with Crippen LogP contribution >= 0.6 is 0 Å². The Balaban J connectivity index is 1.77. The number of carbonyl (C=O) groups is 2. The molecule has 7 heteroatoms. The first-order chi connectivity index (χ1) is 12.6. The van der Waals surface area contributed by atoms with Crippen molar-refractivity contribution in [2.24, 2.45) is 0 Å². The fraction of sp³-hybridized carbons (Fsp3) is 0.300. The minimum absolute atomic E-state index is 0.00592. The van der Waals surface area contributed by atoms with Crippen LogP contribution in [0.3, 0.4) is 0 Å². The second-order valence-corrected chi connectivity index (χ2v) is 6.90. The van der Waals surface area contributed by atoms with Crippen LogP contribution in [0.1, 0.15) is 26.3 Å². The van der Waals surface area contributed by atoms with Gasteiger partial charge in [-0.15, -0.1) is 0 Å². The molecule has 0 aromatic heterocycles. The van der Waals surface area contributed by atoms with E-state index in [2.05, 4.69) is 26.1 Å². The van der Waals surface area contributed by atoms with E-state index in [1.165, 1.54) is 0 Å². The lowest BCUT2D eigenvalue weighted by Crippen LogP contribution is -2.24. The lowest BCUT2D eigenvalue weighted by Gasteiger charge is -2.19. The van der Waals surface area contributed by atoms with Gasteiger partial charge in [0.2, 0.25) is 0 Å². The molecule has 0 heterocycles. The quantitative estimate of drug-likeness (QED) is 0.778. The van der Waals surface area contributed by atoms with E-state index in [1.807, 2.05) is 12.1 Å². The number of amides is 1. The summed E-state index contributed by atoms with van der Waals surface area (Å²) >= 11 is 0. The Morgan fingerprint density at radius 2 is 1.67 bits per heavy atom. The molecule has 5 nitrogen and oxygen atoms in total. The Morgan fingerprint density at radius 1 is 1.00 bits per heavy atom. The van der Waals surface area contributed by atoms with Crippen LogP contribution in [-0.4, -0.2) is 25.1 Å². The van der Waals surface area contributed by atoms with Crippen LogP contribution in [0.5, 0.6) is 5.75 Å². The zero-order chi connectivity index (χ0) is 20.0. The van der Waals surface area contributed by atoms with Crippen LogP contribution in [0.2, 0.25) is 0 Å². The summed E-state index contributed by atoms with van der Waals surface area (Å²) in [6.07, 6.45) is 0. The van der Waals surface area contributed by atoms with Gasteiger partial charge >= 0.3 is 5.97 Å². The topological polar surface area (TPSA) is 64.6 Å². The van der Waals surface area contributed by atoms with Crippen molar-refractivity contribution in [1.29, 1.82) is 0 Å². The van der Waals surface area contributed by atoms with Crippen molar-refractivity contribution in [3.05, 3.63) is 59.7 Å². The van der Waals surface area contributed by atoms with Crippen molar-refractivity contribution in [2.75, 3.05) is 18.5 Å². The molecule has 0 aliphatic rings. The van der Waals surface area contributed by atoms with Crippen LogP contribution in [0.25, 0.3) is 0 Å². The maximum absolute atomic E-state index is 13.4. The van der Waals surface area contributed by atoms with E-state index >= 15 is 0 Å². The molecule has 0 saturated heterocycles. The van der Waals surface area contributed by atoms with Gasteiger partial charge in [0, 0.05) is 6.07 Å². The number of anilines is 1. The summed E-state index contributed by atoms with van der Waals surface area (Å²) in [4.78, 5) is 23.3. The fourth-order valence-electron chi connectivity index (χ4n) is 2.16. The predicted molar refractivity (Wildman–Crippen MR) is 96.6 cm³/mol. The molecule has 1 N–H and O–H groups in total. The molecule has 0 atom stereocenters. The van der Waals surface area contributed by atoms with Gasteiger partial charge in [0.05, 0.1) is 5.69 Å². The summed E-state index contributed by atoms with van der Waals surface area (Å²) in [5, 5.41) is 2.13. The van der Waals surface area contributed by atoms with E-state index in [9.17, 15) is 18.4 Å². The average Bonchev–Trinajstić information content (AvgIpc) is 2.61. The van der Waals surface area contributed by atoms with Crippen LogP contribution in [0, 0.1) is 11.6 Å². The number of nitrogens with one attached hydrogen (secondary N) is 1. The van der Waals surface area contributed by atoms with Gasteiger partial charge in [-0.3, -0.25) is 4.79 Å². The Morgan fingerprint density at radius 3 is 2.30 bits per heavy atom. The summed E-state index contributed by atoms with van der Waals surface area (Å²) in [6, 6.07) is 9.94. The molecule has 0 fully saturated rings. The number of carbonyl (C=O) groups excluding carboxylic acids is 2. The van der Waals surface area contributed by atoms with Crippen LogP contribution < -0.4 is 10.1 Å². The zero-order valence-corrected chi connectivity index (χ0v) is 15.3. The SMILES string of the molecule is CC(C)(C)c1ccc(OCC(=O)OCC(=O)Nc2cc(F)ccc2F)cc1. The lowest BCUT2D eigenvalue weighted by molar-refractivity contribution is -0.149. The van der Waals surface area contributed by atoms with E-state index in [0.717, 1.165) is 23.8 Å². The minimum atomic E-state index is -0.793. The Bertz CT molecular complexity index is 814. The van der Waals surface area contributed by atoms with Gasteiger partial charge in [0.15, 0.2) is 13.2 Å². The standard InChI is InChI=1S/C20H21F2NO4/c1-20(2,3)13-4-7-15(8-5-13)26-12-19(25)27-11-18(24)23-17-10-14(21)6-9-16(17)22/h4-10H,11-12H2,1-3H3,(H,23,24). The molecule has 0 spiro atoms. The van der Waals surface area contributed by atoms with Crippen molar-refractivity contribution in [3.8, 4) is 5.75 Å². The van der Waals surface area contributed by atoms with Crippen LogP contribution in [-0.2, 0) is 19.7 Å². The van der Waals surface area contributed by atoms with E-state index in [4.69, 9.17) is 9.47 Å². The molecule has 144 valence electrons. The first kappa shape index (κ1) is 20.4. The third-order valence-electron chi connectivity index (χ3n) is 3.64. The van der Waals surface area contributed by atoms with Crippen molar-refractivity contribution >= 4 is 17.6 Å². The van der Waals surface area contributed by atoms with E-state index in [1.54, 1.807) is 12.1 Å². The molecule has 0 unspecified atom stereocenters. The smallest absolute Gasteiger partial charge is 0.344 e. The normalized spacial score (nSPS) is 11.0. The van der Waals surface area contributed by atoms with E-state index in [0.29, 0.717) is 5.75 Å². The number of halogens is 2.